The Hall–Kier alpha value is -0.130. The predicted molar refractivity (Wildman–Crippen MR) is 62.7 cm³/mol. The van der Waals surface area contributed by atoms with Crippen LogP contribution in [0.4, 0.5) is 0 Å². The molecule has 0 aliphatic heterocycles. The van der Waals surface area contributed by atoms with Crippen molar-refractivity contribution in [2.45, 2.75) is 32.8 Å². The highest BCUT2D eigenvalue weighted by molar-refractivity contribution is 7.90. The van der Waals surface area contributed by atoms with Gasteiger partial charge in [-0.05, 0) is 25.9 Å². The minimum atomic E-state index is -2.94. The van der Waals surface area contributed by atoms with Crippen molar-refractivity contribution < 1.29 is 13.5 Å². The first-order valence-corrected chi connectivity index (χ1v) is 7.53. The lowest BCUT2D eigenvalue weighted by Gasteiger charge is -2.19. The van der Waals surface area contributed by atoms with E-state index in [1.165, 1.54) is 6.26 Å². The zero-order chi connectivity index (χ0) is 11.9. The van der Waals surface area contributed by atoms with E-state index in [0.29, 0.717) is 12.8 Å². The zero-order valence-electron chi connectivity index (χ0n) is 9.94. The molecule has 0 heterocycles. The van der Waals surface area contributed by atoms with Crippen LogP contribution in [0.1, 0.15) is 26.7 Å². The number of nitrogens with zero attached hydrogens (tertiary/aromatic N) is 1. The summed E-state index contributed by atoms with van der Waals surface area (Å²) in [4.78, 5) is 2.21. The van der Waals surface area contributed by atoms with Crippen molar-refractivity contribution in [1.82, 2.24) is 4.90 Å². The van der Waals surface area contributed by atoms with Crippen LogP contribution >= 0.6 is 0 Å². The second-order valence-electron chi connectivity index (χ2n) is 3.89. The molecule has 0 saturated carbocycles. The van der Waals surface area contributed by atoms with Crippen molar-refractivity contribution in [3.05, 3.63) is 0 Å². The first-order chi connectivity index (χ1) is 6.89. The molecule has 0 amide bonds. The lowest BCUT2D eigenvalue weighted by molar-refractivity contribution is 0.140. The third-order valence-corrected chi connectivity index (χ3v) is 3.47. The molecule has 0 saturated heterocycles. The summed E-state index contributed by atoms with van der Waals surface area (Å²) in [7, 11) is -2.94. The van der Waals surface area contributed by atoms with Crippen molar-refractivity contribution >= 4 is 9.84 Å². The highest BCUT2D eigenvalue weighted by atomic mass is 32.2. The molecule has 15 heavy (non-hydrogen) atoms. The first kappa shape index (κ1) is 14.9. The Morgan fingerprint density at radius 3 is 2.13 bits per heavy atom. The molecule has 0 spiro atoms. The molecule has 92 valence electrons. The fourth-order valence-electron chi connectivity index (χ4n) is 1.37. The molecule has 1 unspecified atom stereocenters. The number of aliphatic hydroxyl groups is 1. The van der Waals surface area contributed by atoms with Crippen molar-refractivity contribution in [1.29, 1.82) is 0 Å². The number of hydrogen-bond acceptors (Lipinski definition) is 4. The van der Waals surface area contributed by atoms with E-state index in [1.807, 2.05) is 0 Å². The second-order valence-corrected chi connectivity index (χ2v) is 6.15. The molecule has 1 atom stereocenters. The molecule has 0 fully saturated rings. The normalized spacial score (nSPS) is 14.5. The fraction of sp³-hybridized carbons (Fsp3) is 1.00. The van der Waals surface area contributed by atoms with Crippen LogP contribution in [0.5, 0.6) is 0 Å². The largest absolute Gasteiger partial charge is 0.393 e. The molecule has 0 rings (SSSR count). The average Bonchev–Trinajstić information content (AvgIpc) is 2.15. The Kier molecular flexibility index (Phi) is 7.13. The lowest BCUT2D eigenvalue weighted by atomic mass is 10.2. The smallest absolute Gasteiger partial charge is 0.147 e. The standard InChI is InChI=1S/C10H23NO3S/c1-4-11(5-2)8-6-10(12)7-9-15(3,13)14/h10,12H,4-9H2,1-3H3. The number of hydrogen-bond donors (Lipinski definition) is 1. The van der Waals surface area contributed by atoms with Crippen LogP contribution in [0.3, 0.4) is 0 Å². The molecule has 0 aromatic rings. The molecule has 0 aliphatic carbocycles. The Bertz CT molecular complexity index is 247. The molecule has 5 heteroatoms. The molecule has 0 aromatic heterocycles. The van der Waals surface area contributed by atoms with Crippen molar-refractivity contribution in [2.24, 2.45) is 0 Å². The summed E-state index contributed by atoms with van der Waals surface area (Å²) in [6.07, 6.45) is 1.70. The summed E-state index contributed by atoms with van der Waals surface area (Å²) >= 11 is 0. The monoisotopic (exact) mass is 237 g/mol. The van der Waals surface area contributed by atoms with E-state index in [9.17, 15) is 13.5 Å². The molecule has 0 bridgehead atoms. The number of aliphatic hydroxyl groups excluding tert-OH is 1. The zero-order valence-corrected chi connectivity index (χ0v) is 10.8. The first-order valence-electron chi connectivity index (χ1n) is 5.47. The lowest BCUT2D eigenvalue weighted by Crippen LogP contribution is -2.27. The van der Waals surface area contributed by atoms with E-state index in [4.69, 9.17) is 0 Å². The minimum absolute atomic E-state index is 0.0758. The summed E-state index contributed by atoms with van der Waals surface area (Å²) < 4.78 is 21.7. The van der Waals surface area contributed by atoms with Gasteiger partial charge < -0.3 is 10.0 Å². The quantitative estimate of drug-likeness (QED) is 0.668. The summed E-state index contributed by atoms with van der Waals surface area (Å²) in [5.41, 5.74) is 0. The molecule has 0 aliphatic rings. The SMILES string of the molecule is CCN(CC)CCC(O)CCS(C)(=O)=O. The molecular weight excluding hydrogens is 214 g/mol. The van der Waals surface area contributed by atoms with Crippen LogP contribution in [0.15, 0.2) is 0 Å². The predicted octanol–water partition coefficient (Wildman–Crippen LogP) is 0.514. The van der Waals surface area contributed by atoms with Crippen LogP contribution < -0.4 is 0 Å². The van der Waals surface area contributed by atoms with Gasteiger partial charge >= 0.3 is 0 Å². The van der Waals surface area contributed by atoms with E-state index in [2.05, 4.69) is 18.7 Å². The molecule has 1 N–H and O–H groups in total. The van der Waals surface area contributed by atoms with Crippen LogP contribution in [0, 0.1) is 0 Å². The third-order valence-electron chi connectivity index (χ3n) is 2.49. The minimum Gasteiger partial charge on any atom is -0.393 e. The summed E-state index contributed by atoms with van der Waals surface area (Å²) in [5.74, 6) is 0.0758. The van der Waals surface area contributed by atoms with Gasteiger partial charge in [-0.1, -0.05) is 13.8 Å². The average molecular weight is 237 g/mol. The summed E-state index contributed by atoms with van der Waals surface area (Å²) in [6.45, 7) is 6.92. The Labute approximate surface area is 93.2 Å². The molecule has 0 radical (unpaired) electrons. The van der Waals surface area contributed by atoms with Gasteiger partial charge in [-0.15, -0.1) is 0 Å². The van der Waals surface area contributed by atoms with Crippen LogP contribution in [-0.4, -0.2) is 56.2 Å². The maximum Gasteiger partial charge on any atom is 0.147 e. The van der Waals surface area contributed by atoms with Crippen LogP contribution in [0.25, 0.3) is 0 Å². The van der Waals surface area contributed by atoms with Gasteiger partial charge in [0, 0.05) is 12.8 Å². The van der Waals surface area contributed by atoms with Crippen molar-refractivity contribution in [3.63, 3.8) is 0 Å². The van der Waals surface area contributed by atoms with Crippen LogP contribution in [-0.2, 0) is 9.84 Å². The van der Waals surface area contributed by atoms with Gasteiger partial charge in [-0.25, -0.2) is 8.42 Å². The fourth-order valence-corrected chi connectivity index (χ4v) is 2.07. The highest BCUT2D eigenvalue weighted by Gasteiger charge is 2.10. The molecule has 4 nitrogen and oxygen atoms in total. The number of sulfone groups is 1. The van der Waals surface area contributed by atoms with Crippen molar-refractivity contribution in [3.8, 4) is 0 Å². The van der Waals surface area contributed by atoms with Gasteiger partial charge in [0.05, 0.1) is 11.9 Å². The molecular formula is C10H23NO3S. The topological polar surface area (TPSA) is 57.6 Å². The van der Waals surface area contributed by atoms with Gasteiger partial charge in [0.2, 0.25) is 0 Å². The molecule has 0 aromatic carbocycles. The summed E-state index contributed by atoms with van der Waals surface area (Å²) in [5, 5.41) is 9.56. The van der Waals surface area contributed by atoms with Gasteiger partial charge in [-0.2, -0.15) is 0 Å². The highest BCUT2D eigenvalue weighted by Crippen LogP contribution is 2.02. The Balaban J connectivity index is 3.70. The van der Waals surface area contributed by atoms with Gasteiger partial charge in [-0.3, -0.25) is 0 Å². The van der Waals surface area contributed by atoms with E-state index < -0.39 is 15.9 Å². The van der Waals surface area contributed by atoms with Crippen LogP contribution in [0.2, 0.25) is 0 Å². The maximum atomic E-state index is 10.9. The Morgan fingerprint density at radius 1 is 1.20 bits per heavy atom. The van der Waals surface area contributed by atoms with Gasteiger partial charge in [0.25, 0.3) is 0 Å². The van der Waals surface area contributed by atoms with Gasteiger partial charge in [0.15, 0.2) is 0 Å². The van der Waals surface area contributed by atoms with E-state index >= 15 is 0 Å². The number of rotatable bonds is 8. The third kappa shape index (κ3) is 8.84. The Morgan fingerprint density at radius 2 is 1.73 bits per heavy atom. The summed E-state index contributed by atoms with van der Waals surface area (Å²) in [6, 6.07) is 0. The van der Waals surface area contributed by atoms with E-state index in [1.54, 1.807) is 0 Å². The van der Waals surface area contributed by atoms with E-state index in [-0.39, 0.29) is 5.75 Å². The second kappa shape index (κ2) is 7.19. The maximum absolute atomic E-state index is 10.9. The van der Waals surface area contributed by atoms with Crippen molar-refractivity contribution in [2.75, 3.05) is 31.6 Å². The van der Waals surface area contributed by atoms with E-state index in [0.717, 1.165) is 19.6 Å². The van der Waals surface area contributed by atoms with Gasteiger partial charge in [0.1, 0.15) is 9.84 Å².